The van der Waals surface area contributed by atoms with Crippen LogP contribution in [0.2, 0.25) is 0 Å². The van der Waals surface area contributed by atoms with Crippen molar-refractivity contribution in [2.75, 3.05) is 20.8 Å². The van der Waals surface area contributed by atoms with Gasteiger partial charge < -0.3 is 15.2 Å². The van der Waals surface area contributed by atoms with Crippen molar-refractivity contribution in [3.05, 3.63) is 95.8 Å². The number of hydrogen-bond acceptors (Lipinski definition) is 5. The van der Waals surface area contributed by atoms with E-state index < -0.39 is 0 Å². The largest absolute Gasteiger partial charge is 0.494 e. The van der Waals surface area contributed by atoms with E-state index in [0.717, 1.165) is 36.8 Å². The number of nitrogens with one attached hydrogen (secondary N) is 1. The highest BCUT2D eigenvalue weighted by molar-refractivity contribution is 6.03. The standard InChI is InChI=1S/C26H25NO2.C8H17N.C2H6.CH4O/c1-6-8-23-22(7-2)24(18(4)28)26(29-5)25(27-23)21-15-13-20(14-16-21)19-11-9-17(3)10-12-19;1-4-6-8(3)9-7-5-2;2*1-2/h6-16H,2H2,1,3-5H3;9H,3-7H2,1-2H3;1-2H3;2H,1H3/b8-6-;;;. The topological polar surface area (TPSA) is 71.5 Å². The van der Waals surface area contributed by atoms with Crippen molar-refractivity contribution in [3.8, 4) is 28.1 Å². The van der Waals surface area contributed by atoms with Gasteiger partial charge in [0.1, 0.15) is 5.69 Å². The first-order chi connectivity index (χ1) is 20.3. The Morgan fingerprint density at radius 3 is 1.93 bits per heavy atom. The third kappa shape index (κ3) is 11.5. The molecule has 42 heavy (non-hydrogen) atoms. The molecule has 1 aromatic heterocycles. The lowest BCUT2D eigenvalue weighted by Gasteiger charge is -2.17. The number of aromatic nitrogens is 1. The van der Waals surface area contributed by atoms with Crippen LogP contribution in [0.25, 0.3) is 34.5 Å². The summed E-state index contributed by atoms with van der Waals surface area (Å²) < 4.78 is 5.64. The molecule has 1 heterocycles. The molecule has 0 saturated heterocycles. The van der Waals surface area contributed by atoms with Crippen molar-refractivity contribution in [3.63, 3.8) is 0 Å². The van der Waals surface area contributed by atoms with Crippen molar-refractivity contribution in [2.24, 2.45) is 0 Å². The number of hydrogen-bond donors (Lipinski definition) is 2. The molecule has 0 amide bonds. The van der Waals surface area contributed by atoms with Gasteiger partial charge in [-0.1, -0.05) is 114 Å². The normalized spacial score (nSPS) is 9.76. The molecule has 2 aromatic carbocycles. The first-order valence-corrected chi connectivity index (χ1v) is 14.7. The second-order valence-electron chi connectivity index (χ2n) is 9.15. The summed E-state index contributed by atoms with van der Waals surface area (Å²) in [6, 6.07) is 16.6. The van der Waals surface area contributed by atoms with E-state index in [-0.39, 0.29) is 5.78 Å². The zero-order valence-electron chi connectivity index (χ0n) is 27.3. The van der Waals surface area contributed by atoms with Crippen LogP contribution >= 0.6 is 0 Å². The number of rotatable bonds is 11. The number of pyridine rings is 1. The summed E-state index contributed by atoms with van der Waals surface area (Å²) in [7, 11) is 2.57. The summed E-state index contributed by atoms with van der Waals surface area (Å²) in [5.41, 5.74) is 8.11. The van der Waals surface area contributed by atoms with Crippen molar-refractivity contribution in [2.45, 2.75) is 67.7 Å². The average molecular weight is 573 g/mol. The van der Waals surface area contributed by atoms with Gasteiger partial charge in [0.2, 0.25) is 0 Å². The van der Waals surface area contributed by atoms with Crippen molar-refractivity contribution in [1.29, 1.82) is 0 Å². The van der Waals surface area contributed by atoms with Crippen molar-refractivity contribution < 1.29 is 14.6 Å². The van der Waals surface area contributed by atoms with Gasteiger partial charge in [-0.2, -0.15) is 0 Å². The van der Waals surface area contributed by atoms with E-state index in [1.165, 1.54) is 31.0 Å². The van der Waals surface area contributed by atoms with Gasteiger partial charge in [-0.3, -0.25) is 4.79 Å². The van der Waals surface area contributed by atoms with Crippen LogP contribution in [-0.2, 0) is 0 Å². The third-order valence-corrected chi connectivity index (χ3v) is 6.02. The summed E-state index contributed by atoms with van der Waals surface area (Å²) in [6.07, 6.45) is 8.92. The van der Waals surface area contributed by atoms with Gasteiger partial charge in [-0.25, -0.2) is 4.98 Å². The number of Topliss-reactive ketones (excluding diaryl/α,β-unsaturated/α-hetero) is 1. The number of aliphatic hydroxyl groups excluding tert-OH is 1. The predicted octanol–water partition coefficient (Wildman–Crippen LogP) is 9.55. The zero-order valence-corrected chi connectivity index (χ0v) is 27.3. The fraction of sp³-hybridized carbons (Fsp3) is 0.351. The minimum Gasteiger partial charge on any atom is -0.494 e. The molecule has 3 rings (SSSR count). The highest BCUT2D eigenvalue weighted by Gasteiger charge is 2.22. The van der Waals surface area contributed by atoms with E-state index in [4.69, 9.17) is 14.8 Å². The smallest absolute Gasteiger partial charge is 0.164 e. The second-order valence-corrected chi connectivity index (χ2v) is 9.15. The summed E-state index contributed by atoms with van der Waals surface area (Å²) in [5.74, 6) is 0.395. The molecule has 0 aliphatic rings. The quantitative estimate of drug-likeness (QED) is 0.224. The fourth-order valence-corrected chi connectivity index (χ4v) is 4.09. The number of allylic oxidation sites excluding steroid dienone is 2. The SMILES string of the molecule is C=C(CCC)NCCC.C=Cc1c(/C=C\C)nc(-c2ccc(-c3ccc(C)cc3)cc2)c(OC)c1C(C)=O.CC.CO. The summed E-state index contributed by atoms with van der Waals surface area (Å²) >= 11 is 0. The van der Waals surface area contributed by atoms with Crippen LogP contribution in [0.4, 0.5) is 0 Å². The van der Waals surface area contributed by atoms with Crippen LogP contribution < -0.4 is 10.1 Å². The number of aliphatic hydroxyl groups is 1. The number of carbonyl (C=O) groups excluding carboxylic acids is 1. The van der Waals surface area contributed by atoms with E-state index in [1.54, 1.807) is 13.2 Å². The molecule has 0 saturated carbocycles. The summed E-state index contributed by atoms with van der Waals surface area (Å²) in [4.78, 5) is 17.2. The zero-order chi connectivity index (χ0) is 32.1. The molecule has 0 aliphatic heterocycles. The molecule has 5 nitrogen and oxygen atoms in total. The maximum Gasteiger partial charge on any atom is 0.164 e. The Morgan fingerprint density at radius 2 is 1.50 bits per heavy atom. The van der Waals surface area contributed by atoms with E-state index >= 15 is 0 Å². The lowest BCUT2D eigenvalue weighted by molar-refractivity contribution is 0.101. The van der Waals surface area contributed by atoms with Gasteiger partial charge in [0.25, 0.3) is 0 Å². The molecule has 3 aromatic rings. The molecular formula is C37H52N2O3. The highest BCUT2D eigenvalue weighted by Crippen LogP contribution is 2.37. The number of aryl methyl sites for hydroxylation is 1. The van der Waals surface area contributed by atoms with Crippen LogP contribution in [0.1, 0.15) is 88.0 Å². The Morgan fingerprint density at radius 1 is 0.976 bits per heavy atom. The van der Waals surface area contributed by atoms with E-state index in [9.17, 15) is 4.79 Å². The van der Waals surface area contributed by atoms with Crippen LogP contribution in [0, 0.1) is 6.92 Å². The molecule has 0 atom stereocenters. The molecule has 0 radical (unpaired) electrons. The average Bonchev–Trinajstić information content (AvgIpc) is 3.02. The number of nitrogens with zero attached hydrogens (tertiary/aromatic N) is 1. The lowest BCUT2D eigenvalue weighted by Crippen LogP contribution is -2.12. The number of carbonyl (C=O) groups is 1. The minimum absolute atomic E-state index is 0.0811. The Kier molecular flexibility index (Phi) is 19.7. The minimum atomic E-state index is -0.0811. The van der Waals surface area contributed by atoms with E-state index in [1.807, 2.05) is 45.1 Å². The molecular weight excluding hydrogens is 520 g/mol. The molecule has 0 aliphatic carbocycles. The van der Waals surface area contributed by atoms with Gasteiger partial charge >= 0.3 is 0 Å². The molecule has 0 fully saturated rings. The van der Waals surface area contributed by atoms with E-state index in [2.05, 4.69) is 75.6 Å². The summed E-state index contributed by atoms with van der Waals surface area (Å²) in [6.45, 7) is 22.7. The second kappa shape index (κ2) is 21.7. The first-order valence-electron chi connectivity index (χ1n) is 14.7. The molecule has 0 unspecified atom stereocenters. The number of ether oxygens (including phenoxy) is 1. The van der Waals surface area contributed by atoms with E-state index in [0.29, 0.717) is 28.3 Å². The molecule has 2 N–H and O–H groups in total. The van der Waals surface area contributed by atoms with Crippen LogP contribution in [0.15, 0.2) is 73.5 Å². The molecule has 0 bridgehead atoms. The first kappa shape index (κ1) is 38.0. The third-order valence-electron chi connectivity index (χ3n) is 6.02. The van der Waals surface area contributed by atoms with Crippen LogP contribution in [0.5, 0.6) is 5.75 Å². The highest BCUT2D eigenvalue weighted by atomic mass is 16.5. The van der Waals surface area contributed by atoms with Gasteiger partial charge in [0.05, 0.1) is 18.4 Å². The van der Waals surface area contributed by atoms with Gasteiger partial charge in [-0.15, -0.1) is 0 Å². The summed E-state index contributed by atoms with van der Waals surface area (Å²) in [5, 5.41) is 10.2. The molecule has 5 heteroatoms. The predicted molar refractivity (Wildman–Crippen MR) is 183 cm³/mol. The fourth-order valence-electron chi connectivity index (χ4n) is 4.09. The van der Waals surface area contributed by atoms with Gasteiger partial charge in [0.15, 0.2) is 11.5 Å². The Labute approximate surface area is 255 Å². The van der Waals surface area contributed by atoms with Crippen molar-refractivity contribution in [1.82, 2.24) is 10.3 Å². The van der Waals surface area contributed by atoms with Gasteiger partial charge in [-0.05, 0) is 50.8 Å². The number of ketones is 1. The van der Waals surface area contributed by atoms with Gasteiger partial charge in [0, 0.05) is 30.5 Å². The number of methoxy groups -OCH3 is 1. The van der Waals surface area contributed by atoms with Crippen molar-refractivity contribution >= 4 is 17.9 Å². The molecule has 228 valence electrons. The lowest BCUT2D eigenvalue weighted by atomic mass is 9.96. The monoisotopic (exact) mass is 572 g/mol. The molecule has 0 spiro atoms. The van der Waals surface area contributed by atoms with Crippen LogP contribution in [-0.4, -0.2) is 36.6 Å². The maximum absolute atomic E-state index is 12.4. The Balaban J connectivity index is 0.00000110. The number of benzene rings is 2. The maximum atomic E-state index is 12.4. The van der Waals surface area contributed by atoms with Crippen LogP contribution in [0.3, 0.4) is 0 Å². The Bertz CT molecular complexity index is 1260. The Hall–Kier alpha value is -3.96.